The minimum Gasteiger partial charge on any atom is -0.481 e. The summed E-state index contributed by atoms with van der Waals surface area (Å²) in [4.78, 5) is 27.5. The summed E-state index contributed by atoms with van der Waals surface area (Å²) in [5, 5.41) is 12.6. The van der Waals surface area contributed by atoms with Crippen LogP contribution in [0.4, 0.5) is 10.5 Å². The van der Waals surface area contributed by atoms with Gasteiger partial charge in [0.05, 0.1) is 13.1 Å². The van der Waals surface area contributed by atoms with Crippen LogP contribution in [-0.4, -0.2) is 60.8 Å². The van der Waals surface area contributed by atoms with Gasteiger partial charge in [-0.25, -0.2) is 9.28 Å². The molecule has 1 unspecified atom stereocenters. The number of hydrogen-bond acceptors (Lipinski definition) is 3. The van der Waals surface area contributed by atoms with E-state index in [-0.39, 0.29) is 18.8 Å². The van der Waals surface area contributed by atoms with Crippen LogP contribution in [0.1, 0.15) is 81.8 Å². The molecule has 200 valence electrons. The molecule has 3 fully saturated rings. The zero-order valence-electron chi connectivity index (χ0n) is 21.8. The molecule has 2 aliphatic carbocycles. The van der Waals surface area contributed by atoms with Crippen molar-refractivity contribution in [3.05, 3.63) is 29.3 Å². The number of rotatable bonds is 7. The molecule has 1 atom stereocenters. The summed E-state index contributed by atoms with van der Waals surface area (Å²) in [7, 11) is 0. The number of carbonyl (C=O) groups is 2. The van der Waals surface area contributed by atoms with Crippen LogP contribution in [0, 0.1) is 11.8 Å². The van der Waals surface area contributed by atoms with Gasteiger partial charge in [0, 0.05) is 24.4 Å². The van der Waals surface area contributed by atoms with Gasteiger partial charge in [-0.15, -0.1) is 12.4 Å². The topological polar surface area (TPSA) is 69.6 Å². The van der Waals surface area contributed by atoms with Crippen molar-refractivity contribution in [1.29, 1.82) is 0 Å². The van der Waals surface area contributed by atoms with Crippen LogP contribution in [0.15, 0.2) is 18.2 Å². The van der Waals surface area contributed by atoms with Crippen molar-refractivity contribution in [3.63, 3.8) is 0 Å². The molecule has 5 rings (SSSR count). The lowest BCUT2D eigenvalue weighted by molar-refractivity contribution is -0.137. The standard InChI is InChI=1S/C29H43N3O3.ClH/c33-28(34)13-8-22-6-10-26(11-7-22)31-18-19-32(29(31)35,21-23-4-2-1-3-5-23)27-12-9-24-14-16-30-17-15-25(24)20-27;/h9,12,20,22-23,26,30H,1-8,10-11,13-19,21H2;1H/p+1/t22-,26-,32?;. The molecule has 2 N–H and O–H groups in total. The van der Waals surface area contributed by atoms with E-state index in [9.17, 15) is 9.59 Å². The number of benzene rings is 1. The molecular weight excluding hydrogens is 474 g/mol. The Morgan fingerprint density at radius 3 is 2.42 bits per heavy atom. The fourth-order valence-electron chi connectivity index (χ4n) is 7.38. The SMILES string of the molecule is Cl.O=C(O)CC[C@H]1CC[C@H](N2CC[N+](CC3CCCCC3)(c3ccc4c(c3)CCNCC4)C2=O)CC1. The number of carboxylic acids is 1. The molecule has 2 heterocycles. The Morgan fingerprint density at radius 1 is 0.972 bits per heavy atom. The first-order valence-corrected chi connectivity index (χ1v) is 14.3. The minimum absolute atomic E-state index is 0. The Balaban J connectivity index is 0.00000304. The van der Waals surface area contributed by atoms with Crippen LogP contribution in [-0.2, 0) is 17.6 Å². The summed E-state index contributed by atoms with van der Waals surface area (Å²) in [6, 6.07) is 7.62. The van der Waals surface area contributed by atoms with E-state index in [0.717, 1.165) is 77.7 Å². The molecule has 2 saturated carbocycles. The van der Waals surface area contributed by atoms with Crippen molar-refractivity contribution in [2.45, 2.75) is 89.5 Å². The Kier molecular flexibility index (Phi) is 9.35. The maximum Gasteiger partial charge on any atom is 0.424 e. The zero-order chi connectivity index (χ0) is 24.3. The van der Waals surface area contributed by atoms with Gasteiger partial charge in [-0.05, 0) is 94.0 Å². The van der Waals surface area contributed by atoms with Crippen LogP contribution < -0.4 is 9.80 Å². The highest BCUT2D eigenvalue weighted by Gasteiger charge is 2.52. The molecule has 0 bridgehead atoms. The lowest BCUT2D eigenvalue weighted by Gasteiger charge is -2.37. The fourth-order valence-corrected chi connectivity index (χ4v) is 7.38. The van der Waals surface area contributed by atoms with Crippen molar-refractivity contribution < 1.29 is 14.7 Å². The number of carboxylic acid groups (broad SMARTS) is 1. The van der Waals surface area contributed by atoms with E-state index < -0.39 is 5.97 Å². The highest BCUT2D eigenvalue weighted by molar-refractivity contribution is 5.89. The third-order valence-electron chi connectivity index (χ3n) is 9.48. The molecule has 0 spiro atoms. The normalized spacial score (nSPS) is 29.3. The van der Waals surface area contributed by atoms with Gasteiger partial charge in [0.25, 0.3) is 0 Å². The third kappa shape index (κ3) is 5.92. The smallest absolute Gasteiger partial charge is 0.424 e. The Hall–Kier alpha value is -1.63. The molecule has 4 aliphatic rings. The van der Waals surface area contributed by atoms with E-state index in [4.69, 9.17) is 5.11 Å². The monoisotopic (exact) mass is 518 g/mol. The number of quaternary nitrogens is 1. The number of hydrogen-bond donors (Lipinski definition) is 2. The summed E-state index contributed by atoms with van der Waals surface area (Å²) in [6.45, 7) is 4.76. The second-order valence-corrected chi connectivity index (χ2v) is 11.7. The van der Waals surface area contributed by atoms with Crippen LogP contribution in [0.2, 0.25) is 0 Å². The maximum absolute atomic E-state index is 14.3. The third-order valence-corrected chi connectivity index (χ3v) is 9.48. The lowest BCUT2D eigenvalue weighted by atomic mass is 9.83. The highest BCUT2D eigenvalue weighted by atomic mass is 35.5. The number of fused-ring (bicyclic) bond motifs is 1. The Labute approximate surface area is 222 Å². The van der Waals surface area contributed by atoms with Crippen molar-refractivity contribution in [3.8, 4) is 0 Å². The molecule has 1 aromatic rings. The average Bonchev–Trinajstić information content (AvgIpc) is 3.04. The van der Waals surface area contributed by atoms with Gasteiger partial charge in [0.2, 0.25) is 0 Å². The summed E-state index contributed by atoms with van der Waals surface area (Å²) < 4.78 is 0.518. The van der Waals surface area contributed by atoms with E-state index in [1.165, 1.54) is 48.9 Å². The number of nitrogens with zero attached hydrogens (tertiary/aromatic N) is 2. The van der Waals surface area contributed by atoms with E-state index in [0.29, 0.717) is 28.4 Å². The molecule has 0 radical (unpaired) electrons. The molecule has 0 aromatic heterocycles. The summed E-state index contributed by atoms with van der Waals surface area (Å²) in [5.74, 6) is 0.447. The predicted molar refractivity (Wildman–Crippen MR) is 147 cm³/mol. The van der Waals surface area contributed by atoms with Crippen LogP contribution in [0.5, 0.6) is 0 Å². The van der Waals surface area contributed by atoms with E-state index in [2.05, 4.69) is 28.4 Å². The van der Waals surface area contributed by atoms with Gasteiger partial charge < -0.3 is 10.4 Å². The summed E-state index contributed by atoms with van der Waals surface area (Å²) in [6.07, 6.45) is 13.8. The van der Waals surface area contributed by atoms with E-state index in [1.807, 2.05) is 0 Å². The summed E-state index contributed by atoms with van der Waals surface area (Å²) >= 11 is 0. The van der Waals surface area contributed by atoms with Crippen molar-refractivity contribution in [2.75, 3.05) is 32.7 Å². The fraction of sp³-hybridized carbons (Fsp3) is 0.724. The summed E-state index contributed by atoms with van der Waals surface area (Å²) in [5.41, 5.74) is 4.09. The number of urea groups is 1. The van der Waals surface area contributed by atoms with Gasteiger partial charge in [0.15, 0.2) is 0 Å². The first-order valence-electron chi connectivity index (χ1n) is 14.3. The first kappa shape index (κ1) is 27.4. The quantitative estimate of drug-likeness (QED) is 0.465. The molecule has 7 heteroatoms. The maximum atomic E-state index is 14.3. The number of amides is 2. The predicted octanol–water partition coefficient (Wildman–Crippen LogP) is 5.54. The molecular formula is C29H45ClN3O3+. The zero-order valence-corrected chi connectivity index (χ0v) is 22.6. The second-order valence-electron chi connectivity index (χ2n) is 11.7. The largest absolute Gasteiger partial charge is 0.481 e. The van der Waals surface area contributed by atoms with Crippen LogP contribution in [0.25, 0.3) is 0 Å². The molecule has 36 heavy (non-hydrogen) atoms. The van der Waals surface area contributed by atoms with Gasteiger partial charge in [-0.3, -0.25) is 9.69 Å². The number of nitrogens with one attached hydrogen (secondary N) is 1. The highest BCUT2D eigenvalue weighted by Crippen LogP contribution is 2.39. The average molecular weight is 519 g/mol. The van der Waals surface area contributed by atoms with Gasteiger partial charge in [-0.1, -0.05) is 25.3 Å². The van der Waals surface area contributed by atoms with E-state index in [1.54, 1.807) is 0 Å². The minimum atomic E-state index is -0.692. The first-order chi connectivity index (χ1) is 17.0. The molecule has 2 amide bonds. The van der Waals surface area contributed by atoms with Crippen LogP contribution >= 0.6 is 12.4 Å². The number of aliphatic carboxylic acids is 1. The second kappa shape index (κ2) is 12.3. The molecule has 1 saturated heterocycles. The van der Waals surface area contributed by atoms with Gasteiger partial charge >= 0.3 is 12.0 Å². The molecule has 1 aromatic carbocycles. The van der Waals surface area contributed by atoms with Gasteiger partial charge in [-0.2, -0.15) is 0 Å². The Morgan fingerprint density at radius 2 is 1.69 bits per heavy atom. The molecule has 2 aliphatic heterocycles. The number of halogens is 1. The number of carbonyl (C=O) groups excluding carboxylic acids is 1. The van der Waals surface area contributed by atoms with Crippen LogP contribution in [0.3, 0.4) is 0 Å². The Bertz CT molecular complexity index is 911. The van der Waals surface area contributed by atoms with E-state index >= 15 is 0 Å². The van der Waals surface area contributed by atoms with Crippen molar-refractivity contribution in [2.24, 2.45) is 11.8 Å². The van der Waals surface area contributed by atoms with Gasteiger partial charge in [0.1, 0.15) is 12.2 Å². The molecule has 6 nitrogen and oxygen atoms in total. The van der Waals surface area contributed by atoms with Crippen molar-refractivity contribution >= 4 is 30.1 Å². The van der Waals surface area contributed by atoms with Crippen molar-refractivity contribution in [1.82, 2.24) is 14.7 Å². The lowest BCUT2D eigenvalue weighted by Crippen LogP contribution is -2.56.